The van der Waals surface area contributed by atoms with Crippen LogP contribution in [-0.4, -0.2) is 21.6 Å². The van der Waals surface area contributed by atoms with Crippen molar-refractivity contribution in [2.45, 2.75) is 26.3 Å². The lowest BCUT2D eigenvalue weighted by Gasteiger charge is -2.17. The zero-order chi connectivity index (χ0) is 20.5. The Balaban J connectivity index is 1.66. The molecule has 7 heteroatoms. The Labute approximate surface area is 167 Å². The fraction of sp³-hybridized carbons (Fsp3) is 0.182. The molecule has 0 saturated carbocycles. The second kappa shape index (κ2) is 7.35. The SMILES string of the molecule is CC(=O)N1N=C(c2ccc(C)cc2)C[C@H]1c1ccc(-c2ccccc2[N+](=O)[O-])o1. The lowest BCUT2D eigenvalue weighted by molar-refractivity contribution is -0.384. The molecule has 2 heterocycles. The highest BCUT2D eigenvalue weighted by Gasteiger charge is 2.34. The van der Waals surface area contributed by atoms with Gasteiger partial charge in [-0.25, -0.2) is 5.01 Å². The minimum absolute atomic E-state index is 0.0279. The van der Waals surface area contributed by atoms with Gasteiger partial charge in [-0.15, -0.1) is 0 Å². The Morgan fingerprint density at radius 2 is 1.86 bits per heavy atom. The van der Waals surface area contributed by atoms with Crippen LogP contribution in [0.3, 0.4) is 0 Å². The summed E-state index contributed by atoms with van der Waals surface area (Å²) in [6.45, 7) is 3.47. The van der Waals surface area contributed by atoms with Gasteiger partial charge >= 0.3 is 0 Å². The number of amides is 1. The lowest BCUT2D eigenvalue weighted by atomic mass is 10.0. The molecule has 0 aliphatic carbocycles. The summed E-state index contributed by atoms with van der Waals surface area (Å²) < 4.78 is 5.96. The molecular formula is C22H19N3O4. The van der Waals surface area contributed by atoms with Crippen molar-refractivity contribution in [2.75, 3.05) is 0 Å². The summed E-state index contributed by atoms with van der Waals surface area (Å²) in [4.78, 5) is 23.0. The molecule has 0 fully saturated rings. The van der Waals surface area contributed by atoms with Crippen molar-refractivity contribution in [1.29, 1.82) is 0 Å². The third-order valence-corrected chi connectivity index (χ3v) is 4.94. The lowest BCUT2D eigenvalue weighted by Crippen LogP contribution is -2.23. The molecule has 146 valence electrons. The van der Waals surface area contributed by atoms with E-state index in [1.165, 1.54) is 18.0 Å². The van der Waals surface area contributed by atoms with Gasteiger partial charge in [0.2, 0.25) is 5.91 Å². The number of furan rings is 1. The first kappa shape index (κ1) is 18.6. The molecule has 1 aliphatic rings. The number of aryl methyl sites for hydroxylation is 1. The van der Waals surface area contributed by atoms with E-state index in [1.807, 2.05) is 31.2 Å². The number of para-hydroxylation sites is 1. The molecule has 1 aromatic heterocycles. The van der Waals surface area contributed by atoms with Crippen LogP contribution in [-0.2, 0) is 4.79 Å². The smallest absolute Gasteiger partial charge is 0.280 e. The Morgan fingerprint density at radius 1 is 1.14 bits per heavy atom. The summed E-state index contributed by atoms with van der Waals surface area (Å²) in [5.74, 6) is 0.736. The van der Waals surface area contributed by atoms with Crippen molar-refractivity contribution >= 4 is 17.3 Å². The third kappa shape index (κ3) is 3.54. The number of benzene rings is 2. The number of nitro benzene ring substituents is 1. The van der Waals surface area contributed by atoms with Crippen molar-refractivity contribution in [2.24, 2.45) is 5.10 Å². The molecule has 4 rings (SSSR count). The van der Waals surface area contributed by atoms with Gasteiger partial charge in [0.05, 0.1) is 16.2 Å². The average molecular weight is 389 g/mol. The van der Waals surface area contributed by atoms with Crippen LogP contribution in [0.15, 0.2) is 70.2 Å². The van der Waals surface area contributed by atoms with Gasteiger partial charge in [-0.05, 0) is 30.7 Å². The van der Waals surface area contributed by atoms with Crippen molar-refractivity contribution in [1.82, 2.24) is 5.01 Å². The predicted molar refractivity (Wildman–Crippen MR) is 108 cm³/mol. The molecule has 0 N–H and O–H groups in total. The second-order valence-electron chi connectivity index (χ2n) is 6.97. The van der Waals surface area contributed by atoms with E-state index in [0.717, 1.165) is 16.8 Å². The number of hydrogen-bond donors (Lipinski definition) is 0. The van der Waals surface area contributed by atoms with Crippen LogP contribution in [0.5, 0.6) is 0 Å². The highest BCUT2D eigenvalue weighted by atomic mass is 16.6. The van der Waals surface area contributed by atoms with E-state index in [1.54, 1.807) is 30.3 Å². The first-order valence-corrected chi connectivity index (χ1v) is 9.22. The van der Waals surface area contributed by atoms with Crippen molar-refractivity contribution < 1.29 is 14.1 Å². The molecule has 2 aromatic carbocycles. The Kier molecular flexibility index (Phi) is 4.72. The molecule has 1 amide bonds. The molecule has 1 atom stereocenters. The Morgan fingerprint density at radius 3 is 2.55 bits per heavy atom. The fourth-order valence-corrected chi connectivity index (χ4v) is 3.46. The monoisotopic (exact) mass is 389 g/mol. The van der Waals surface area contributed by atoms with Gasteiger partial charge < -0.3 is 4.42 Å². The molecule has 7 nitrogen and oxygen atoms in total. The largest absolute Gasteiger partial charge is 0.459 e. The first-order valence-electron chi connectivity index (χ1n) is 9.22. The van der Waals surface area contributed by atoms with Crippen LogP contribution >= 0.6 is 0 Å². The normalized spacial score (nSPS) is 16.0. The molecule has 1 aliphatic heterocycles. The van der Waals surface area contributed by atoms with Gasteiger partial charge in [0.1, 0.15) is 17.6 Å². The number of hydrogen-bond acceptors (Lipinski definition) is 5. The van der Waals surface area contributed by atoms with E-state index in [-0.39, 0.29) is 17.6 Å². The molecule has 0 radical (unpaired) electrons. The fourth-order valence-electron chi connectivity index (χ4n) is 3.46. The number of carbonyl (C=O) groups is 1. The van der Waals surface area contributed by atoms with Gasteiger partial charge in [0.15, 0.2) is 0 Å². The Hall–Kier alpha value is -3.74. The highest BCUT2D eigenvalue weighted by Crippen LogP contribution is 2.37. The summed E-state index contributed by atoms with van der Waals surface area (Å²) in [5.41, 5.74) is 3.27. The first-order chi connectivity index (χ1) is 13.9. The van der Waals surface area contributed by atoms with Gasteiger partial charge in [0, 0.05) is 19.4 Å². The van der Waals surface area contributed by atoms with E-state index in [4.69, 9.17) is 4.42 Å². The van der Waals surface area contributed by atoms with Crippen molar-refractivity contribution in [3.05, 3.63) is 87.7 Å². The highest BCUT2D eigenvalue weighted by molar-refractivity contribution is 6.03. The molecule has 0 bridgehead atoms. The van der Waals surface area contributed by atoms with Crippen molar-refractivity contribution in [3.63, 3.8) is 0 Å². The minimum Gasteiger partial charge on any atom is -0.459 e. The van der Waals surface area contributed by atoms with Crippen LogP contribution in [0.1, 0.15) is 36.3 Å². The van der Waals surface area contributed by atoms with E-state index in [0.29, 0.717) is 23.5 Å². The molecule has 0 spiro atoms. The second-order valence-corrected chi connectivity index (χ2v) is 6.97. The number of hydrazone groups is 1. The maximum Gasteiger partial charge on any atom is 0.280 e. The van der Waals surface area contributed by atoms with Crippen LogP contribution in [0.2, 0.25) is 0 Å². The Bertz CT molecular complexity index is 1120. The summed E-state index contributed by atoms with van der Waals surface area (Å²) in [6, 6.07) is 17.4. The molecule has 0 saturated heterocycles. The van der Waals surface area contributed by atoms with Gasteiger partial charge in [-0.2, -0.15) is 5.10 Å². The van der Waals surface area contributed by atoms with Gasteiger partial charge in [-0.1, -0.05) is 42.0 Å². The van der Waals surface area contributed by atoms with Crippen LogP contribution in [0, 0.1) is 17.0 Å². The quantitative estimate of drug-likeness (QED) is 0.471. The molecule has 29 heavy (non-hydrogen) atoms. The summed E-state index contributed by atoms with van der Waals surface area (Å²) in [5, 5.41) is 17.2. The number of carbonyl (C=O) groups excluding carboxylic acids is 1. The number of nitro groups is 1. The predicted octanol–water partition coefficient (Wildman–Crippen LogP) is 4.86. The van der Waals surface area contributed by atoms with Crippen LogP contribution in [0.4, 0.5) is 5.69 Å². The minimum atomic E-state index is -0.437. The number of rotatable bonds is 4. The van der Waals surface area contributed by atoms with E-state index >= 15 is 0 Å². The maximum atomic E-state index is 12.2. The number of nitrogens with zero attached hydrogens (tertiary/aromatic N) is 3. The van der Waals surface area contributed by atoms with Crippen LogP contribution < -0.4 is 0 Å². The summed E-state index contributed by atoms with van der Waals surface area (Å²) in [7, 11) is 0. The van der Waals surface area contributed by atoms with E-state index in [9.17, 15) is 14.9 Å². The van der Waals surface area contributed by atoms with Gasteiger partial charge in [0.25, 0.3) is 5.69 Å². The standard InChI is InChI=1S/C22H19N3O4/c1-14-7-9-16(10-8-14)18-13-20(24(23-18)15(2)26)22-12-11-21(29-22)17-5-3-4-6-19(17)25(27)28/h3-12,20H,13H2,1-2H3/t20-/m0/s1. The molecular weight excluding hydrogens is 370 g/mol. The van der Waals surface area contributed by atoms with Crippen molar-refractivity contribution in [3.8, 4) is 11.3 Å². The van der Waals surface area contributed by atoms with E-state index < -0.39 is 4.92 Å². The van der Waals surface area contributed by atoms with Gasteiger partial charge in [-0.3, -0.25) is 14.9 Å². The molecule has 0 unspecified atom stereocenters. The zero-order valence-electron chi connectivity index (χ0n) is 16.0. The zero-order valence-corrected chi connectivity index (χ0v) is 16.0. The topological polar surface area (TPSA) is 89.0 Å². The molecule has 3 aromatic rings. The van der Waals surface area contributed by atoms with E-state index in [2.05, 4.69) is 5.10 Å². The maximum absolute atomic E-state index is 12.2. The average Bonchev–Trinajstić information content (AvgIpc) is 3.36. The van der Waals surface area contributed by atoms with Crippen LogP contribution in [0.25, 0.3) is 11.3 Å². The summed E-state index contributed by atoms with van der Waals surface area (Å²) >= 11 is 0. The third-order valence-electron chi connectivity index (χ3n) is 4.94. The summed E-state index contributed by atoms with van der Waals surface area (Å²) in [6.07, 6.45) is 0.506.